The largest absolute Gasteiger partial charge is 0.334 e. The number of likely N-dealkylation sites (N-methyl/N-ethyl adjacent to an activating group) is 1. The van der Waals surface area contributed by atoms with Gasteiger partial charge in [0, 0.05) is 44.5 Å². The summed E-state index contributed by atoms with van der Waals surface area (Å²) in [5, 5.41) is 4.32. The van der Waals surface area contributed by atoms with Crippen molar-refractivity contribution in [3.63, 3.8) is 0 Å². The summed E-state index contributed by atoms with van der Waals surface area (Å²) in [6.07, 6.45) is 3.86. The van der Waals surface area contributed by atoms with Crippen molar-refractivity contribution in [3.8, 4) is 0 Å². The number of nitrogens with zero attached hydrogens (tertiary/aromatic N) is 5. The van der Waals surface area contributed by atoms with Crippen molar-refractivity contribution in [1.29, 1.82) is 0 Å². The van der Waals surface area contributed by atoms with Crippen LogP contribution in [0.5, 0.6) is 0 Å². The van der Waals surface area contributed by atoms with Gasteiger partial charge in [-0.1, -0.05) is 24.3 Å². The first-order chi connectivity index (χ1) is 13.5. The highest BCUT2D eigenvalue weighted by molar-refractivity contribution is 5.79. The first kappa shape index (κ1) is 19.2. The second-order valence-electron chi connectivity index (χ2n) is 8.54. The maximum atomic E-state index is 13.0. The van der Waals surface area contributed by atoms with Gasteiger partial charge in [-0.3, -0.25) is 9.48 Å². The number of aromatic nitrogens is 2. The summed E-state index contributed by atoms with van der Waals surface area (Å²) in [5.41, 5.74) is 2.60. The van der Waals surface area contributed by atoms with E-state index in [1.165, 1.54) is 11.1 Å². The molecule has 3 atom stereocenters. The summed E-state index contributed by atoms with van der Waals surface area (Å²) < 4.78 is 2.00. The van der Waals surface area contributed by atoms with Gasteiger partial charge in [-0.15, -0.1) is 0 Å². The Morgan fingerprint density at radius 1 is 1.14 bits per heavy atom. The van der Waals surface area contributed by atoms with E-state index in [2.05, 4.69) is 46.1 Å². The first-order valence-electron chi connectivity index (χ1n) is 10.2. The number of rotatable bonds is 6. The molecule has 0 N–H and O–H groups in total. The second-order valence-corrected chi connectivity index (χ2v) is 8.54. The molecule has 0 unspecified atom stereocenters. The van der Waals surface area contributed by atoms with E-state index in [1.54, 1.807) is 0 Å². The fourth-order valence-corrected chi connectivity index (χ4v) is 4.93. The van der Waals surface area contributed by atoms with E-state index in [-0.39, 0.29) is 11.9 Å². The number of fused-ring (bicyclic) bond motifs is 1. The molecule has 0 radical (unpaired) electrons. The monoisotopic (exact) mass is 381 g/mol. The molecule has 2 aliphatic rings. The fraction of sp³-hybridized carbons (Fsp3) is 0.545. The van der Waals surface area contributed by atoms with Gasteiger partial charge in [0.15, 0.2) is 0 Å². The highest BCUT2D eigenvalue weighted by atomic mass is 16.2. The van der Waals surface area contributed by atoms with E-state index < -0.39 is 0 Å². The van der Waals surface area contributed by atoms with Crippen LogP contribution < -0.4 is 0 Å². The van der Waals surface area contributed by atoms with Crippen molar-refractivity contribution in [3.05, 3.63) is 53.9 Å². The van der Waals surface area contributed by atoms with Crippen LogP contribution in [0.3, 0.4) is 0 Å². The van der Waals surface area contributed by atoms with E-state index in [1.807, 2.05) is 42.1 Å². The summed E-state index contributed by atoms with van der Waals surface area (Å²) >= 11 is 0. The molecule has 0 spiro atoms. The van der Waals surface area contributed by atoms with E-state index in [4.69, 9.17) is 0 Å². The molecular weight excluding hydrogens is 350 g/mol. The standard InChI is InChI=1S/C22H31N5O/c1-17-7-4-5-8-19(17)22-20-15-25(11-12-26-10-6-9-23-26)13-18(20)14-27(22)21(28)16-24(2)3/h4-10,18,20,22H,11-16H2,1-3H3/t18-,20-,22+/m1/s1. The Balaban J connectivity index is 1.52. The number of carbonyl (C=O) groups is 1. The third-order valence-corrected chi connectivity index (χ3v) is 6.22. The Bertz CT molecular complexity index is 803. The zero-order chi connectivity index (χ0) is 19.7. The molecule has 0 aliphatic carbocycles. The fourth-order valence-electron chi connectivity index (χ4n) is 4.93. The number of aryl methyl sites for hydroxylation is 1. The number of hydrogen-bond donors (Lipinski definition) is 0. The SMILES string of the molecule is Cc1ccccc1[C@H]1[C@@H]2CN(CCn3cccn3)C[C@@H]2CN1C(=O)CN(C)C. The van der Waals surface area contributed by atoms with Crippen LogP contribution in [0.25, 0.3) is 0 Å². The Hall–Kier alpha value is -2.18. The molecule has 0 bridgehead atoms. The van der Waals surface area contributed by atoms with Gasteiger partial charge < -0.3 is 14.7 Å². The average molecular weight is 382 g/mol. The predicted octanol–water partition coefficient (Wildman–Crippen LogP) is 1.88. The van der Waals surface area contributed by atoms with Crippen molar-refractivity contribution < 1.29 is 4.79 Å². The van der Waals surface area contributed by atoms with Crippen LogP contribution in [-0.4, -0.2) is 77.2 Å². The molecule has 2 saturated heterocycles. The maximum absolute atomic E-state index is 13.0. The van der Waals surface area contributed by atoms with Crippen molar-refractivity contribution in [2.24, 2.45) is 11.8 Å². The normalized spacial score (nSPS) is 24.9. The number of benzene rings is 1. The van der Waals surface area contributed by atoms with Gasteiger partial charge in [-0.25, -0.2) is 0 Å². The van der Waals surface area contributed by atoms with Gasteiger partial charge in [0.05, 0.1) is 19.1 Å². The van der Waals surface area contributed by atoms with E-state index in [0.29, 0.717) is 18.4 Å². The molecule has 1 aromatic heterocycles. The van der Waals surface area contributed by atoms with Crippen LogP contribution >= 0.6 is 0 Å². The van der Waals surface area contributed by atoms with Gasteiger partial charge in [0.2, 0.25) is 5.91 Å². The lowest BCUT2D eigenvalue weighted by atomic mass is 9.87. The molecule has 6 heteroatoms. The lowest BCUT2D eigenvalue weighted by molar-refractivity contribution is -0.133. The average Bonchev–Trinajstić information content (AvgIpc) is 3.36. The van der Waals surface area contributed by atoms with Crippen molar-refractivity contribution in [2.45, 2.75) is 19.5 Å². The number of likely N-dealkylation sites (tertiary alicyclic amines) is 2. The molecule has 2 aromatic rings. The summed E-state index contributed by atoms with van der Waals surface area (Å²) in [7, 11) is 3.93. The summed E-state index contributed by atoms with van der Waals surface area (Å²) in [6, 6.07) is 10.7. The van der Waals surface area contributed by atoms with Crippen LogP contribution in [0.4, 0.5) is 0 Å². The Morgan fingerprint density at radius 3 is 2.68 bits per heavy atom. The lowest BCUT2D eigenvalue weighted by Crippen LogP contribution is -2.40. The zero-order valence-corrected chi connectivity index (χ0v) is 17.2. The van der Waals surface area contributed by atoms with Crippen molar-refractivity contribution in [2.75, 3.05) is 46.8 Å². The third kappa shape index (κ3) is 3.84. The molecule has 2 fully saturated rings. The second kappa shape index (κ2) is 8.05. The summed E-state index contributed by atoms with van der Waals surface area (Å²) in [6.45, 7) is 7.57. The number of carbonyl (C=O) groups excluding carboxylic acids is 1. The van der Waals surface area contributed by atoms with E-state index in [9.17, 15) is 4.79 Å². The quantitative estimate of drug-likeness (QED) is 0.767. The summed E-state index contributed by atoms with van der Waals surface area (Å²) in [5.74, 6) is 1.30. The predicted molar refractivity (Wildman–Crippen MR) is 110 cm³/mol. The first-order valence-corrected chi connectivity index (χ1v) is 10.2. The summed E-state index contributed by atoms with van der Waals surface area (Å²) in [4.78, 5) is 19.7. The topological polar surface area (TPSA) is 44.6 Å². The Kier molecular flexibility index (Phi) is 5.51. The van der Waals surface area contributed by atoms with Gasteiger partial charge in [0.25, 0.3) is 0 Å². The molecule has 3 heterocycles. The van der Waals surface area contributed by atoms with Gasteiger partial charge in [-0.2, -0.15) is 5.10 Å². The smallest absolute Gasteiger partial charge is 0.237 e. The molecule has 6 nitrogen and oxygen atoms in total. The molecule has 150 valence electrons. The molecule has 4 rings (SSSR count). The minimum Gasteiger partial charge on any atom is -0.334 e. The van der Waals surface area contributed by atoms with Crippen molar-refractivity contribution in [1.82, 2.24) is 24.5 Å². The van der Waals surface area contributed by atoms with Crippen molar-refractivity contribution >= 4 is 5.91 Å². The molecular formula is C22H31N5O. The van der Waals surface area contributed by atoms with Crippen LogP contribution in [-0.2, 0) is 11.3 Å². The van der Waals surface area contributed by atoms with Gasteiger partial charge in [0.1, 0.15) is 0 Å². The molecule has 2 aliphatic heterocycles. The molecule has 0 saturated carbocycles. The third-order valence-electron chi connectivity index (χ3n) is 6.22. The van der Waals surface area contributed by atoms with E-state index >= 15 is 0 Å². The van der Waals surface area contributed by atoms with Crippen LogP contribution in [0.2, 0.25) is 0 Å². The Labute approximate surface area is 167 Å². The maximum Gasteiger partial charge on any atom is 0.237 e. The molecule has 1 aromatic carbocycles. The van der Waals surface area contributed by atoms with Gasteiger partial charge in [-0.05, 0) is 44.1 Å². The van der Waals surface area contributed by atoms with Gasteiger partial charge >= 0.3 is 0 Å². The van der Waals surface area contributed by atoms with Crippen LogP contribution in [0, 0.1) is 18.8 Å². The van der Waals surface area contributed by atoms with Crippen LogP contribution in [0.15, 0.2) is 42.7 Å². The lowest BCUT2D eigenvalue weighted by Gasteiger charge is -2.31. The van der Waals surface area contributed by atoms with Crippen LogP contribution in [0.1, 0.15) is 17.2 Å². The Morgan fingerprint density at radius 2 is 1.96 bits per heavy atom. The number of amides is 1. The highest BCUT2D eigenvalue weighted by Gasteiger charge is 2.49. The highest BCUT2D eigenvalue weighted by Crippen LogP contribution is 2.45. The minimum absolute atomic E-state index is 0.188. The van der Waals surface area contributed by atoms with E-state index in [0.717, 1.165) is 32.7 Å². The molecule has 1 amide bonds. The molecule has 28 heavy (non-hydrogen) atoms. The number of hydrogen-bond acceptors (Lipinski definition) is 4. The zero-order valence-electron chi connectivity index (χ0n) is 17.2. The minimum atomic E-state index is 0.188.